The minimum Gasteiger partial charge on any atom is -0.360 e. The molecule has 0 amide bonds. The minimum absolute atomic E-state index is 0.791. The summed E-state index contributed by atoms with van der Waals surface area (Å²) in [5, 5.41) is 7.71. The molecular formula is C19H23ClN5S2+. The van der Waals surface area contributed by atoms with Crippen molar-refractivity contribution in [2.24, 2.45) is 0 Å². The molecule has 0 bridgehead atoms. The zero-order valence-electron chi connectivity index (χ0n) is 15.3. The lowest BCUT2D eigenvalue weighted by Gasteiger charge is -2.33. The number of thiophene rings is 1. The number of quaternary nitrogens is 1. The predicted molar refractivity (Wildman–Crippen MR) is 114 cm³/mol. The average Bonchev–Trinajstić information content (AvgIpc) is 3.31. The van der Waals surface area contributed by atoms with Gasteiger partial charge in [-0.15, -0.1) is 16.4 Å². The van der Waals surface area contributed by atoms with E-state index in [0.717, 1.165) is 55.0 Å². The molecule has 0 aliphatic carbocycles. The van der Waals surface area contributed by atoms with Crippen LogP contribution in [0.5, 0.6) is 0 Å². The molecule has 1 aliphatic rings. The van der Waals surface area contributed by atoms with Crippen LogP contribution in [0.1, 0.15) is 6.92 Å². The van der Waals surface area contributed by atoms with Gasteiger partial charge in [0.1, 0.15) is 0 Å². The van der Waals surface area contributed by atoms with Crippen LogP contribution in [0.25, 0.3) is 10.7 Å². The van der Waals surface area contributed by atoms with Crippen molar-refractivity contribution in [3.63, 3.8) is 0 Å². The third-order valence-corrected chi connectivity index (χ3v) is 6.53. The van der Waals surface area contributed by atoms with E-state index in [0.29, 0.717) is 0 Å². The summed E-state index contributed by atoms with van der Waals surface area (Å²) in [5.41, 5.74) is 1.20. The van der Waals surface area contributed by atoms with Crippen LogP contribution in [0.15, 0.2) is 41.8 Å². The van der Waals surface area contributed by atoms with Gasteiger partial charge in [0.05, 0.1) is 31.1 Å². The summed E-state index contributed by atoms with van der Waals surface area (Å²) in [6.45, 7) is 7.90. The molecule has 8 heteroatoms. The highest BCUT2D eigenvalue weighted by Crippen LogP contribution is 2.23. The van der Waals surface area contributed by atoms with Crippen molar-refractivity contribution in [1.29, 1.82) is 0 Å². The second-order valence-electron chi connectivity index (χ2n) is 6.70. The molecule has 27 heavy (non-hydrogen) atoms. The molecule has 0 atom stereocenters. The van der Waals surface area contributed by atoms with Gasteiger partial charge in [-0.25, -0.2) is 0 Å². The normalized spacial score (nSPS) is 15.4. The number of nitrogens with one attached hydrogen (secondary N) is 1. The summed E-state index contributed by atoms with van der Waals surface area (Å²) >= 11 is 13.5. The standard InChI is InChI=1S/C19H22ClN5S2/c1-2-24-18(17-7-4-12-27-17)21-25(19(24)26)14-22-8-10-23(11-9-22)16-6-3-5-15(20)13-16/h3-7,12-13H,2,8-11,14H2,1H3/p+1. The SMILES string of the molecule is CCn1c(-c2cccs2)nn(C[NH+]2CCN(c3cccc(Cl)c3)CC2)c1=S. The number of aromatic nitrogens is 3. The smallest absolute Gasteiger partial charge is 0.203 e. The molecule has 1 aromatic carbocycles. The van der Waals surface area contributed by atoms with E-state index in [1.165, 1.54) is 15.5 Å². The second kappa shape index (κ2) is 8.14. The van der Waals surface area contributed by atoms with Crippen LogP contribution >= 0.6 is 35.2 Å². The lowest BCUT2D eigenvalue weighted by atomic mass is 10.2. The lowest BCUT2D eigenvalue weighted by molar-refractivity contribution is -0.924. The largest absolute Gasteiger partial charge is 0.360 e. The Morgan fingerprint density at radius 1 is 1.22 bits per heavy atom. The summed E-state index contributed by atoms with van der Waals surface area (Å²) in [5.74, 6) is 0.981. The van der Waals surface area contributed by atoms with Crippen molar-refractivity contribution in [3.8, 4) is 10.7 Å². The Morgan fingerprint density at radius 3 is 2.70 bits per heavy atom. The maximum Gasteiger partial charge on any atom is 0.203 e. The predicted octanol–water partition coefficient (Wildman–Crippen LogP) is 3.18. The van der Waals surface area contributed by atoms with Crippen LogP contribution in [0.4, 0.5) is 5.69 Å². The van der Waals surface area contributed by atoms with Crippen LogP contribution in [0.3, 0.4) is 0 Å². The number of halogens is 1. The van der Waals surface area contributed by atoms with Gasteiger partial charge >= 0.3 is 0 Å². The molecular weight excluding hydrogens is 398 g/mol. The van der Waals surface area contributed by atoms with Crippen molar-refractivity contribution in [3.05, 3.63) is 51.6 Å². The van der Waals surface area contributed by atoms with Crippen molar-refractivity contribution >= 4 is 40.8 Å². The van der Waals surface area contributed by atoms with Gasteiger partial charge in [-0.2, -0.15) is 4.68 Å². The summed E-state index contributed by atoms with van der Waals surface area (Å²) in [6.07, 6.45) is 0. The Kier molecular flexibility index (Phi) is 5.63. The molecule has 5 nitrogen and oxygen atoms in total. The number of hydrogen-bond donors (Lipinski definition) is 1. The summed E-state index contributed by atoms with van der Waals surface area (Å²) in [4.78, 5) is 5.07. The molecule has 2 aromatic heterocycles. The van der Waals surface area contributed by atoms with Gasteiger partial charge in [0.15, 0.2) is 12.5 Å². The van der Waals surface area contributed by atoms with Crippen LogP contribution in [-0.4, -0.2) is 40.5 Å². The van der Waals surface area contributed by atoms with E-state index in [-0.39, 0.29) is 0 Å². The maximum absolute atomic E-state index is 6.13. The Labute approximate surface area is 173 Å². The first kappa shape index (κ1) is 18.7. The van der Waals surface area contributed by atoms with Gasteiger partial charge in [-0.1, -0.05) is 23.7 Å². The molecule has 1 saturated heterocycles. The molecule has 1 N–H and O–H groups in total. The Morgan fingerprint density at radius 2 is 2.04 bits per heavy atom. The van der Waals surface area contributed by atoms with Crippen molar-refractivity contribution in [1.82, 2.24) is 14.3 Å². The van der Waals surface area contributed by atoms with E-state index < -0.39 is 0 Å². The van der Waals surface area contributed by atoms with Gasteiger partial charge in [0.2, 0.25) is 4.77 Å². The molecule has 0 unspecified atom stereocenters. The van der Waals surface area contributed by atoms with E-state index in [9.17, 15) is 0 Å². The Bertz CT molecular complexity index is 955. The quantitative estimate of drug-likeness (QED) is 0.643. The van der Waals surface area contributed by atoms with E-state index >= 15 is 0 Å². The fraction of sp³-hybridized carbons (Fsp3) is 0.368. The molecule has 0 radical (unpaired) electrons. The number of rotatable bonds is 5. The first-order valence-corrected chi connectivity index (χ1v) is 10.9. The monoisotopic (exact) mass is 420 g/mol. The van der Waals surface area contributed by atoms with Gasteiger partial charge in [-0.3, -0.25) is 4.57 Å². The molecule has 0 spiro atoms. The van der Waals surface area contributed by atoms with Crippen LogP contribution in [0, 0.1) is 4.77 Å². The first-order valence-electron chi connectivity index (χ1n) is 9.21. The highest BCUT2D eigenvalue weighted by molar-refractivity contribution is 7.71. The molecule has 3 heterocycles. The zero-order valence-corrected chi connectivity index (χ0v) is 17.7. The summed E-state index contributed by atoms with van der Waals surface area (Å²) in [6, 6.07) is 12.3. The van der Waals surface area contributed by atoms with Crippen LogP contribution < -0.4 is 9.80 Å². The molecule has 3 aromatic rings. The molecule has 4 rings (SSSR count). The maximum atomic E-state index is 6.13. The topological polar surface area (TPSA) is 30.4 Å². The lowest BCUT2D eigenvalue weighted by Crippen LogP contribution is -3.14. The van der Waals surface area contributed by atoms with Gasteiger partial charge in [0.25, 0.3) is 0 Å². The second-order valence-corrected chi connectivity index (χ2v) is 8.45. The highest BCUT2D eigenvalue weighted by Gasteiger charge is 2.22. The van der Waals surface area contributed by atoms with E-state index in [2.05, 4.69) is 40.0 Å². The minimum atomic E-state index is 0.791. The number of benzene rings is 1. The van der Waals surface area contributed by atoms with Crippen molar-refractivity contribution in [2.45, 2.75) is 20.1 Å². The van der Waals surface area contributed by atoms with Crippen molar-refractivity contribution in [2.75, 3.05) is 31.1 Å². The summed E-state index contributed by atoms with van der Waals surface area (Å²) < 4.78 is 4.94. The van der Waals surface area contributed by atoms with Gasteiger partial charge < -0.3 is 9.80 Å². The Balaban J connectivity index is 1.46. The van der Waals surface area contributed by atoms with E-state index in [1.807, 2.05) is 22.9 Å². The average molecular weight is 421 g/mol. The molecule has 1 fully saturated rings. The first-order chi connectivity index (χ1) is 13.2. The molecule has 1 aliphatic heterocycles. The third kappa shape index (κ3) is 3.96. The van der Waals surface area contributed by atoms with Gasteiger partial charge in [0, 0.05) is 17.3 Å². The fourth-order valence-electron chi connectivity index (χ4n) is 3.54. The number of hydrogen-bond acceptors (Lipinski definition) is 4. The van der Waals surface area contributed by atoms with Crippen molar-refractivity contribution < 1.29 is 4.90 Å². The third-order valence-electron chi connectivity index (χ3n) is 5.00. The van der Waals surface area contributed by atoms with Crippen LogP contribution in [0.2, 0.25) is 5.02 Å². The Hall–Kier alpha value is -1.67. The van der Waals surface area contributed by atoms with E-state index in [1.54, 1.807) is 11.3 Å². The van der Waals surface area contributed by atoms with E-state index in [4.69, 9.17) is 28.9 Å². The van der Waals surface area contributed by atoms with Crippen LogP contribution in [-0.2, 0) is 13.2 Å². The number of anilines is 1. The molecule has 142 valence electrons. The summed E-state index contributed by atoms with van der Waals surface area (Å²) in [7, 11) is 0. The highest BCUT2D eigenvalue weighted by atomic mass is 35.5. The number of nitrogens with zero attached hydrogens (tertiary/aromatic N) is 4. The zero-order chi connectivity index (χ0) is 18.8. The van der Waals surface area contributed by atoms with Gasteiger partial charge in [-0.05, 0) is 48.8 Å². The fourth-order valence-corrected chi connectivity index (χ4v) is 4.76. The molecule has 0 saturated carbocycles. The number of piperazine rings is 1.